The number of aliphatic imine (C=N–C) groups is 1. The number of rotatable bonds is 2. The first-order valence-corrected chi connectivity index (χ1v) is 7.19. The summed E-state index contributed by atoms with van der Waals surface area (Å²) in [5, 5.41) is 9.32. The Labute approximate surface area is 129 Å². The lowest BCUT2D eigenvalue weighted by atomic mass is 10.1. The Kier molecular flexibility index (Phi) is 3.55. The highest BCUT2D eigenvalue weighted by Crippen LogP contribution is 2.36. The molecule has 0 bridgehead atoms. The molecule has 6 heteroatoms. The van der Waals surface area contributed by atoms with Crippen molar-refractivity contribution < 1.29 is 9.50 Å². The molecule has 1 aliphatic rings. The maximum atomic E-state index is 13.6. The summed E-state index contributed by atoms with van der Waals surface area (Å²) < 4.78 is 14.5. The van der Waals surface area contributed by atoms with E-state index in [9.17, 15) is 9.50 Å². The van der Waals surface area contributed by atoms with Gasteiger partial charge in [0.15, 0.2) is 17.5 Å². The number of para-hydroxylation sites is 1. The van der Waals surface area contributed by atoms with E-state index < -0.39 is 5.82 Å². The van der Waals surface area contributed by atoms with E-state index in [4.69, 9.17) is 5.73 Å². The SMILES string of the molecule is NC1=NCC(c2ccc(O)c(F)c2)N1c1ccccc1Br. The molecular weight excluding hydrogens is 337 g/mol. The Bertz CT molecular complexity index is 720. The summed E-state index contributed by atoms with van der Waals surface area (Å²) in [5.74, 6) is -0.622. The maximum Gasteiger partial charge on any atom is 0.196 e. The van der Waals surface area contributed by atoms with Gasteiger partial charge in [-0.05, 0) is 45.8 Å². The molecule has 3 N–H and O–H groups in total. The van der Waals surface area contributed by atoms with Crippen LogP contribution < -0.4 is 10.6 Å². The van der Waals surface area contributed by atoms with Crippen molar-refractivity contribution >= 4 is 27.6 Å². The highest BCUT2D eigenvalue weighted by Gasteiger charge is 2.30. The van der Waals surface area contributed by atoms with E-state index in [1.165, 1.54) is 12.1 Å². The van der Waals surface area contributed by atoms with E-state index in [0.29, 0.717) is 18.1 Å². The number of benzene rings is 2. The molecule has 0 spiro atoms. The predicted octanol–water partition coefficient (Wildman–Crippen LogP) is 3.17. The fourth-order valence-electron chi connectivity index (χ4n) is 2.42. The monoisotopic (exact) mass is 349 g/mol. The molecule has 1 heterocycles. The molecule has 0 amide bonds. The molecule has 0 fully saturated rings. The zero-order chi connectivity index (χ0) is 15.0. The van der Waals surface area contributed by atoms with Crippen molar-refractivity contribution in [2.45, 2.75) is 6.04 Å². The van der Waals surface area contributed by atoms with Crippen molar-refractivity contribution in [1.82, 2.24) is 0 Å². The van der Waals surface area contributed by atoms with E-state index >= 15 is 0 Å². The molecule has 108 valence electrons. The molecule has 1 atom stereocenters. The predicted molar refractivity (Wildman–Crippen MR) is 83.9 cm³/mol. The summed E-state index contributed by atoms with van der Waals surface area (Å²) >= 11 is 3.49. The molecule has 3 rings (SSSR count). The first kappa shape index (κ1) is 13.9. The van der Waals surface area contributed by atoms with Gasteiger partial charge in [0.2, 0.25) is 0 Å². The lowest BCUT2D eigenvalue weighted by Gasteiger charge is -2.27. The van der Waals surface area contributed by atoms with Crippen LogP contribution >= 0.6 is 15.9 Å². The third kappa shape index (κ3) is 2.47. The molecule has 2 aromatic carbocycles. The van der Waals surface area contributed by atoms with Gasteiger partial charge >= 0.3 is 0 Å². The number of aromatic hydroxyl groups is 1. The Morgan fingerprint density at radius 2 is 2.05 bits per heavy atom. The Balaban J connectivity index is 2.03. The van der Waals surface area contributed by atoms with Crippen LogP contribution in [0.3, 0.4) is 0 Å². The van der Waals surface area contributed by atoms with Gasteiger partial charge in [0, 0.05) is 4.47 Å². The molecule has 0 aliphatic carbocycles. The van der Waals surface area contributed by atoms with Crippen LogP contribution in [0.4, 0.5) is 10.1 Å². The topological polar surface area (TPSA) is 61.9 Å². The normalized spacial score (nSPS) is 17.9. The van der Waals surface area contributed by atoms with Crippen molar-refractivity contribution in [3.05, 3.63) is 58.3 Å². The maximum absolute atomic E-state index is 13.6. The molecule has 4 nitrogen and oxygen atoms in total. The van der Waals surface area contributed by atoms with Crippen LogP contribution in [0.5, 0.6) is 5.75 Å². The highest BCUT2D eigenvalue weighted by atomic mass is 79.9. The second-order valence-corrected chi connectivity index (χ2v) is 5.60. The van der Waals surface area contributed by atoms with Gasteiger partial charge in [-0.1, -0.05) is 18.2 Å². The number of hydrogen-bond acceptors (Lipinski definition) is 4. The number of hydrogen-bond donors (Lipinski definition) is 2. The lowest BCUT2D eigenvalue weighted by molar-refractivity contribution is 0.431. The van der Waals surface area contributed by atoms with E-state index in [2.05, 4.69) is 20.9 Å². The van der Waals surface area contributed by atoms with E-state index in [1.54, 1.807) is 6.07 Å². The number of halogens is 2. The molecule has 0 saturated carbocycles. The van der Waals surface area contributed by atoms with Gasteiger partial charge < -0.3 is 15.7 Å². The number of phenolic OH excluding ortho intramolecular Hbond substituents is 1. The molecule has 1 aliphatic heterocycles. The molecule has 21 heavy (non-hydrogen) atoms. The average molecular weight is 350 g/mol. The first-order chi connectivity index (χ1) is 10.1. The van der Waals surface area contributed by atoms with Gasteiger partial charge in [-0.15, -0.1) is 0 Å². The fraction of sp³-hybridized carbons (Fsp3) is 0.133. The largest absolute Gasteiger partial charge is 0.505 e. The summed E-state index contributed by atoms with van der Waals surface area (Å²) in [5.41, 5.74) is 7.57. The second kappa shape index (κ2) is 5.37. The van der Waals surface area contributed by atoms with Crippen LogP contribution in [0.2, 0.25) is 0 Å². The highest BCUT2D eigenvalue weighted by molar-refractivity contribution is 9.10. The molecule has 0 saturated heterocycles. The van der Waals surface area contributed by atoms with Gasteiger partial charge in [0.05, 0.1) is 18.3 Å². The van der Waals surface area contributed by atoms with Crippen LogP contribution in [0.1, 0.15) is 11.6 Å². The van der Waals surface area contributed by atoms with Crippen molar-refractivity contribution in [3.63, 3.8) is 0 Å². The minimum atomic E-state index is -0.648. The van der Waals surface area contributed by atoms with E-state index in [1.807, 2.05) is 29.2 Å². The molecule has 1 unspecified atom stereocenters. The van der Waals surface area contributed by atoms with Gasteiger partial charge in [0.1, 0.15) is 0 Å². The Hall–Kier alpha value is -2.08. The number of guanidine groups is 1. The summed E-state index contributed by atoms with van der Waals surface area (Å²) in [7, 11) is 0. The quantitative estimate of drug-likeness (QED) is 0.875. The van der Waals surface area contributed by atoms with Gasteiger partial charge in [-0.25, -0.2) is 4.39 Å². The third-order valence-corrected chi connectivity index (χ3v) is 4.12. The molecular formula is C15H13BrFN3O. The average Bonchev–Trinajstić information content (AvgIpc) is 2.84. The van der Waals surface area contributed by atoms with Crippen molar-refractivity contribution in [1.29, 1.82) is 0 Å². The summed E-state index contributed by atoms with van der Waals surface area (Å²) in [6.45, 7) is 0.442. The Morgan fingerprint density at radius 1 is 1.29 bits per heavy atom. The van der Waals surface area contributed by atoms with E-state index in [-0.39, 0.29) is 11.8 Å². The smallest absolute Gasteiger partial charge is 0.196 e. The van der Waals surface area contributed by atoms with Crippen LogP contribution in [0.25, 0.3) is 0 Å². The van der Waals surface area contributed by atoms with E-state index in [0.717, 1.165) is 10.2 Å². The van der Waals surface area contributed by atoms with Crippen LogP contribution in [-0.2, 0) is 0 Å². The van der Waals surface area contributed by atoms with Crippen LogP contribution in [-0.4, -0.2) is 17.6 Å². The van der Waals surface area contributed by atoms with Crippen molar-refractivity contribution in [2.24, 2.45) is 10.7 Å². The Morgan fingerprint density at radius 3 is 2.76 bits per heavy atom. The second-order valence-electron chi connectivity index (χ2n) is 4.75. The standard InChI is InChI=1S/C15H13BrFN3O/c16-10-3-1-2-4-12(10)20-13(8-19-15(20)18)9-5-6-14(21)11(17)7-9/h1-7,13,21H,8H2,(H2,18,19). The zero-order valence-corrected chi connectivity index (χ0v) is 12.6. The fourth-order valence-corrected chi connectivity index (χ4v) is 2.90. The summed E-state index contributed by atoms with van der Waals surface area (Å²) in [6, 6.07) is 11.8. The lowest BCUT2D eigenvalue weighted by Crippen LogP contribution is -2.36. The van der Waals surface area contributed by atoms with Gasteiger partial charge in [-0.2, -0.15) is 0 Å². The molecule has 0 aromatic heterocycles. The van der Waals surface area contributed by atoms with Crippen molar-refractivity contribution in [2.75, 3.05) is 11.4 Å². The van der Waals surface area contributed by atoms with Crippen LogP contribution in [0.15, 0.2) is 51.9 Å². The van der Waals surface area contributed by atoms with Crippen molar-refractivity contribution in [3.8, 4) is 5.75 Å². The number of nitrogens with two attached hydrogens (primary N) is 1. The number of anilines is 1. The minimum absolute atomic E-state index is 0.196. The minimum Gasteiger partial charge on any atom is -0.505 e. The zero-order valence-electron chi connectivity index (χ0n) is 11.0. The van der Waals surface area contributed by atoms with Gasteiger partial charge in [0.25, 0.3) is 0 Å². The first-order valence-electron chi connectivity index (χ1n) is 6.40. The molecule has 0 radical (unpaired) electrons. The number of phenols is 1. The van der Waals surface area contributed by atoms with Crippen LogP contribution in [0, 0.1) is 5.82 Å². The summed E-state index contributed by atoms with van der Waals surface area (Å²) in [4.78, 5) is 6.12. The van der Waals surface area contributed by atoms with Gasteiger partial charge in [-0.3, -0.25) is 4.99 Å². The molecule has 2 aromatic rings. The number of nitrogens with zero attached hydrogens (tertiary/aromatic N) is 2. The third-order valence-electron chi connectivity index (χ3n) is 3.45. The summed E-state index contributed by atoms with van der Waals surface area (Å²) in [6.07, 6.45) is 0.